The van der Waals surface area contributed by atoms with Crippen molar-refractivity contribution in [2.45, 2.75) is 0 Å². The van der Waals surface area contributed by atoms with Crippen LogP contribution >= 0.6 is 11.3 Å². The van der Waals surface area contributed by atoms with E-state index in [1.165, 1.54) is 18.4 Å². The Labute approximate surface area is 110 Å². The molecule has 0 saturated heterocycles. The van der Waals surface area contributed by atoms with Crippen LogP contribution in [0.2, 0.25) is 0 Å². The molecule has 0 unspecified atom stereocenters. The minimum atomic E-state index is -0.234. The first kappa shape index (κ1) is 14.1. The second-order valence-corrected chi connectivity index (χ2v) is 4.40. The number of hydrogen-bond acceptors (Lipinski definition) is 5. The monoisotopic (exact) mass is 267 g/mol. The van der Waals surface area contributed by atoms with Crippen molar-refractivity contribution in [3.8, 4) is 5.75 Å². The van der Waals surface area contributed by atoms with Crippen LogP contribution in [0.15, 0.2) is 25.3 Å². The summed E-state index contributed by atoms with van der Waals surface area (Å²) < 4.78 is 5.20. The molecule has 1 aromatic rings. The molecule has 4 N–H and O–H groups in total. The van der Waals surface area contributed by atoms with Gasteiger partial charge in [0.25, 0.3) is 5.91 Å². The molecule has 1 aromatic heterocycles. The smallest absolute Gasteiger partial charge is 0.263 e. The number of methoxy groups -OCH3 is 1. The third-order valence-electron chi connectivity index (χ3n) is 2.12. The number of nitrogens with two attached hydrogens (primary N) is 1. The highest BCUT2D eigenvalue weighted by atomic mass is 32.1. The first-order valence-corrected chi connectivity index (χ1v) is 6.17. The fourth-order valence-corrected chi connectivity index (χ4v) is 2.34. The lowest BCUT2D eigenvalue weighted by Crippen LogP contribution is -2.23. The molecule has 1 rings (SSSR count). The number of ether oxygens (including phenoxy) is 1. The Kier molecular flexibility index (Phi) is 5.26. The average molecular weight is 267 g/mol. The van der Waals surface area contributed by atoms with Crippen molar-refractivity contribution >= 4 is 27.9 Å². The van der Waals surface area contributed by atoms with Gasteiger partial charge in [-0.15, -0.1) is 24.5 Å². The highest BCUT2D eigenvalue weighted by molar-refractivity contribution is 7.19. The van der Waals surface area contributed by atoms with Crippen molar-refractivity contribution in [3.05, 3.63) is 30.2 Å². The summed E-state index contributed by atoms with van der Waals surface area (Å²) in [4.78, 5) is 12.3. The molecule has 18 heavy (non-hydrogen) atoms. The zero-order valence-corrected chi connectivity index (χ0v) is 11.1. The maximum atomic E-state index is 11.8. The zero-order chi connectivity index (χ0) is 13.5. The van der Waals surface area contributed by atoms with Crippen molar-refractivity contribution in [1.29, 1.82) is 0 Å². The van der Waals surface area contributed by atoms with E-state index in [0.717, 1.165) is 5.00 Å². The summed E-state index contributed by atoms with van der Waals surface area (Å²) in [5.41, 5.74) is 6.24. The van der Waals surface area contributed by atoms with Gasteiger partial charge in [0.1, 0.15) is 15.6 Å². The summed E-state index contributed by atoms with van der Waals surface area (Å²) in [7, 11) is 1.52. The van der Waals surface area contributed by atoms with E-state index in [1.807, 2.05) is 0 Å². The topological polar surface area (TPSA) is 76.4 Å². The van der Waals surface area contributed by atoms with E-state index in [9.17, 15) is 4.79 Å². The molecule has 0 aliphatic heterocycles. The largest absolute Gasteiger partial charge is 0.492 e. The predicted octanol–water partition coefficient (Wildman–Crippen LogP) is 1.85. The molecule has 98 valence electrons. The maximum Gasteiger partial charge on any atom is 0.263 e. The second-order valence-electron chi connectivity index (χ2n) is 3.38. The van der Waals surface area contributed by atoms with E-state index in [-0.39, 0.29) is 5.91 Å². The van der Waals surface area contributed by atoms with Crippen LogP contribution in [0, 0.1) is 0 Å². The number of amides is 1. The number of nitrogens with one attached hydrogen (secondary N) is 2. The van der Waals surface area contributed by atoms with Gasteiger partial charge in [0.15, 0.2) is 5.75 Å². The van der Waals surface area contributed by atoms with Crippen LogP contribution in [0.4, 0.5) is 10.7 Å². The van der Waals surface area contributed by atoms with E-state index in [2.05, 4.69) is 23.8 Å². The van der Waals surface area contributed by atoms with E-state index in [1.54, 1.807) is 12.2 Å². The van der Waals surface area contributed by atoms with Gasteiger partial charge in [0, 0.05) is 13.1 Å². The van der Waals surface area contributed by atoms with Gasteiger partial charge in [0.2, 0.25) is 0 Å². The van der Waals surface area contributed by atoms with Gasteiger partial charge in [-0.05, 0) is 0 Å². The van der Waals surface area contributed by atoms with E-state index >= 15 is 0 Å². The molecular weight excluding hydrogens is 250 g/mol. The maximum absolute atomic E-state index is 11.8. The van der Waals surface area contributed by atoms with Gasteiger partial charge in [-0.1, -0.05) is 12.2 Å². The molecule has 0 aliphatic rings. The van der Waals surface area contributed by atoms with Crippen LogP contribution in [0.25, 0.3) is 0 Å². The molecule has 0 saturated carbocycles. The summed E-state index contributed by atoms with van der Waals surface area (Å²) in [5.74, 6) is 0.257. The molecule has 0 aromatic carbocycles. The average Bonchev–Trinajstić information content (AvgIpc) is 2.69. The standard InChI is InChI=1S/C12H17N3O2S/c1-4-6-14-11(16)10-8(13)9(17-3)12(18-10)15-7-5-2/h4-5,15H,1-2,6-7,13H2,3H3,(H,14,16). The quantitative estimate of drug-likeness (QED) is 0.659. The molecule has 1 heterocycles. The van der Waals surface area contributed by atoms with Gasteiger partial charge in [0.05, 0.1) is 7.11 Å². The number of hydrogen-bond donors (Lipinski definition) is 3. The highest BCUT2D eigenvalue weighted by Gasteiger charge is 2.21. The number of rotatable bonds is 7. The number of carbonyl (C=O) groups excluding carboxylic acids is 1. The third-order valence-corrected chi connectivity index (χ3v) is 3.27. The van der Waals surface area contributed by atoms with E-state index in [0.29, 0.717) is 29.4 Å². The Bertz CT molecular complexity index is 454. The van der Waals surface area contributed by atoms with Crippen LogP contribution < -0.4 is 21.1 Å². The van der Waals surface area contributed by atoms with Crippen molar-refractivity contribution in [3.63, 3.8) is 0 Å². The number of thiophene rings is 1. The van der Waals surface area contributed by atoms with Crippen LogP contribution in [0.5, 0.6) is 5.75 Å². The third kappa shape index (κ3) is 3.04. The number of carbonyl (C=O) groups is 1. The molecule has 1 amide bonds. The molecule has 0 fully saturated rings. The molecule has 0 radical (unpaired) electrons. The van der Waals surface area contributed by atoms with Crippen molar-refractivity contribution in [2.24, 2.45) is 0 Å². The predicted molar refractivity (Wildman–Crippen MR) is 76.5 cm³/mol. The molecule has 0 bridgehead atoms. The lowest BCUT2D eigenvalue weighted by molar-refractivity contribution is 0.0962. The summed E-state index contributed by atoms with van der Waals surface area (Å²) in [5, 5.41) is 6.48. The summed E-state index contributed by atoms with van der Waals surface area (Å²) in [6, 6.07) is 0. The van der Waals surface area contributed by atoms with Gasteiger partial charge in [-0.2, -0.15) is 0 Å². The molecule has 0 spiro atoms. The minimum absolute atomic E-state index is 0.234. The Morgan fingerprint density at radius 2 is 2.11 bits per heavy atom. The fraction of sp³-hybridized carbons (Fsp3) is 0.250. The lowest BCUT2D eigenvalue weighted by atomic mass is 10.3. The van der Waals surface area contributed by atoms with Crippen molar-refractivity contribution in [1.82, 2.24) is 5.32 Å². The van der Waals surface area contributed by atoms with Gasteiger partial charge in [-0.25, -0.2) is 0 Å². The van der Waals surface area contributed by atoms with Crippen LogP contribution in [-0.2, 0) is 0 Å². The number of nitrogen functional groups attached to an aromatic ring is 1. The summed E-state index contributed by atoms with van der Waals surface area (Å²) >= 11 is 1.25. The molecule has 5 nitrogen and oxygen atoms in total. The van der Waals surface area contributed by atoms with Crippen molar-refractivity contribution < 1.29 is 9.53 Å². The Morgan fingerprint density at radius 1 is 1.44 bits per heavy atom. The summed E-state index contributed by atoms with van der Waals surface area (Å²) in [6.07, 6.45) is 3.32. The zero-order valence-electron chi connectivity index (χ0n) is 10.3. The molecule has 0 atom stereocenters. The Hall–Kier alpha value is -1.95. The number of anilines is 2. The van der Waals surface area contributed by atoms with Crippen LogP contribution in [-0.4, -0.2) is 26.1 Å². The Morgan fingerprint density at radius 3 is 2.67 bits per heavy atom. The first-order chi connectivity index (χ1) is 8.65. The van der Waals surface area contributed by atoms with Crippen molar-refractivity contribution in [2.75, 3.05) is 31.2 Å². The SMILES string of the molecule is C=CCNC(=O)c1sc(NCC=C)c(OC)c1N. The van der Waals surface area contributed by atoms with E-state index in [4.69, 9.17) is 10.5 Å². The van der Waals surface area contributed by atoms with Gasteiger partial charge in [-0.3, -0.25) is 4.79 Å². The lowest BCUT2D eigenvalue weighted by Gasteiger charge is -2.04. The normalized spacial score (nSPS) is 9.61. The van der Waals surface area contributed by atoms with Gasteiger partial charge < -0.3 is 21.1 Å². The minimum Gasteiger partial charge on any atom is -0.492 e. The molecular formula is C12H17N3O2S. The fourth-order valence-electron chi connectivity index (χ4n) is 1.33. The van der Waals surface area contributed by atoms with Crippen LogP contribution in [0.3, 0.4) is 0 Å². The van der Waals surface area contributed by atoms with E-state index < -0.39 is 0 Å². The molecule has 0 aliphatic carbocycles. The first-order valence-electron chi connectivity index (χ1n) is 5.35. The van der Waals surface area contributed by atoms with Gasteiger partial charge >= 0.3 is 0 Å². The second kappa shape index (κ2) is 6.70. The van der Waals surface area contributed by atoms with Crippen LogP contribution in [0.1, 0.15) is 9.67 Å². The highest BCUT2D eigenvalue weighted by Crippen LogP contribution is 2.42. The summed E-state index contributed by atoms with van der Waals surface area (Å²) in [6.45, 7) is 8.12. The molecule has 6 heteroatoms. The Balaban J connectivity index is 2.98.